The van der Waals surface area contributed by atoms with E-state index in [1.165, 1.54) is 44.0 Å². The Hall–Kier alpha value is -2.47. The Labute approximate surface area is 164 Å². The van der Waals surface area contributed by atoms with Gasteiger partial charge in [-0.25, -0.2) is 13.6 Å². The molecule has 28 heavy (non-hydrogen) atoms. The van der Waals surface area contributed by atoms with E-state index in [0.29, 0.717) is 12.1 Å². The number of halogens is 2. The van der Waals surface area contributed by atoms with Crippen molar-refractivity contribution in [1.29, 1.82) is 0 Å². The van der Waals surface area contributed by atoms with Gasteiger partial charge in [-0.2, -0.15) is 0 Å². The van der Waals surface area contributed by atoms with E-state index in [1.54, 1.807) is 6.92 Å². The van der Waals surface area contributed by atoms with Crippen LogP contribution in [0.5, 0.6) is 0 Å². The lowest BCUT2D eigenvalue weighted by Gasteiger charge is -2.26. The summed E-state index contributed by atoms with van der Waals surface area (Å²) in [5, 5.41) is 5.53. The number of nitrogens with zero attached hydrogens (tertiary/aromatic N) is 1. The molecule has 0 aliphatic carbocycles. The van der Waals surface area contributed by atoms with Crippen molar-refractivity contribution < 1.29 is 13.6 Å². The second-order valence-corrected chi connectivity index (χ2v) is 7.38. The summed E-state index contributed by atoms with van der Waals surface area (Å²) in [6.45, 7) is 5.43. The lowest BCUT2D eigenvalue weighted by molar-refractivity contribution is 0.221. The van der Waals surface area contributed by atoms with Gasteiger partial charge in [-0.3, -0.25) is 4.90 Å². The Morgan fingerprint density at radius 1 is 1.00 bits per heavy atom. The van der Waals surface area contributed by atoms with E-state index in [0.717, 1.165) is 24.2 Å². The first-order chi connectivity index (χ1) is 13.5. The van der Waals surface area contributed by atoms with Gasteiger partial charge in [0.1, 0.15) is 0 Å². The van der Waals surface area contributed by atoms with Gasteiger partial charge >= 0.3 is 6.03 Å². The van der Waals surface area contributed by atoms with Gasteiger partial charge in [-0.1, -0.05) is 36.8 Å². The second kappa shape index (κ2) is 9.64. The number of likely N-dealkylation sites (tertiary alicyclic amines) is 1. The number of amides is 2. The van der Waals surface area contributed by atoms with Gasteiger partial charge in [0.05, 0.1) is 6.04 Å². The fourth-order valence-electron chi connectivity index (χ4n) is 3.43. The molecule has 2 amide bonds. The predicted molar refractivity (Wildman–Crippen MR) is 106 cm³/mol. The molecule has 6 heteroatoms. The average molecular weight is 387 g/mol. The maximum atomic E-state index is 13.3. The van der Waals surface area contributed by atoms with E-state index in [4.69, 9.17) is 0 Å². The lowest BCUT2D eigenvalue weighted by atomic mass is 10.1. The molecule has 1 heterocycles. The maximum Gasteiger partial charge on any atom is 0.315 e. The van der Waals surface area contributed by atoms with Crippen LogP contribution in [-0.2, 0) is 13.1 Å². The molecule has 0 radical (unpaired) electrons. The van der Waals surface area contributed by atoms with Crippen molar-refractivity contribution in [2.24, 2.45) is 0 Å². The molecule has 150 valence electrons. The van der Waals surface area contributed by atoms with E-state index in [1.807, 2.05) is 12.1 Å². The Bertz CT molecular complexity index is 789. The number of rotatable bonds is 6. The highest BCUT2D eigenvalue weighted by Gasteiger charge is 2.12. The van der Waals surface area contributed by atoms with Crippen LogP contribution >= 0.6 is 0 Å². The summed E-state index contributed by atoms with van der Waals surface area (Å²) in [7, 11) is 0. The van der Waals surface area contributed by atoms with Crippen molar-refractivity contribution in [3.8, 4) is 0 Å². The number of benzene rings is 2. The standard InChI is InChI=1S/C22H27F2N3O/c1-16(19-9-10-20(23)21(24)13-19)26-22(28)25-14-17-5-7-18(8-6-17)15-27-11-3-2-4-12-27/h5-10,13,16H,2-4,11-12,14-15H2,1H3,(H2,25,26,28). The fourth-order valence-corrected chi connectivity index (χ4v) is 3.43. The van der Waals surface area contributed by atoms with Crippen LogP contribution in [0, 0.1) is 11.6 Å². The number of carbonyl (C=O) groups excluding carboxylic acids is 1. The van der Waals surface area contributed by atoms with Crippen LogP contribution in [0.15, 0.2) is 42.5 Å². The number of urea groups is 1. The van der Waals surface area contributed by atoms with Crippen LogP contribution in [-0.4, -0.2) is 24.0 Å². The van der Waals surface area contributed by atoms with Crippen molar-refractivity contribution in [3.63, 3.8) is 0 Å². The Kier molecular flexibility index (Phi) is 6.98. The third-order valence-corrected chi connectivity index (χ3v) is 5.12. The molecular weight excluding hydrogens is 360 g/mol. The first-order valence-electron chi connectivity index (χ1n) is 9.81. The summed E-state index contributed by atoms with van der Waals surface area (Å²) < 4.78 is 26.3. The molecule has 0 aromatic heterocycles. The number of piperidine rings is 1. The third-order valence-electron chi connectivity index (χ3n) is 5.12. The molecular formula is C22H27F2N3O. The zero-order valence-corrected chi connectivity index (χ0v) is 16.2. The van der Waals surface area contributed by atoms with Gasteiger partial charge in [0.2, 0.25) is 0 Å². The molecule has 0 saturated carbocycles. The zero-order chi connectivity index (χ0) is 19.9. The number of hydrogen-bond donors (Lipinski definition) is 2. The highest BCUT2D eigenvalue weighted by molar-refractivity contribution is 5.74. The van der Waals surface area contributed by atoms with Gasteiger partial charge in [0, 0.05) is 13.1 Å². The second-order valence-electron chi connectivity index (χ2n) is 7.38. The number of nitrogens with one attached hydrogen (secondary N) is 2. The van der Waals surface area contributed by atoms with Gasteiger partial charge in [-0.05, 0) is 61.7 Å². The minimum absolute atomic E-state index is 0.352. The molecule has 1 atom stereocenters. The third kappa shape index (κ3) is 5.76. The van der Waals surface area contributed by atoms with Gasteiger partial charge in [0.25, 0.3) is 0 Å². The highest BCUT2D eigenvalue weighted by Crippen LogP contribution is 2.16. The molecule has 4 nitrogen and oxygen atoms in total. The summed E-state index contributed by atoms with van der Waals surface area (Å²) in [5.41, 5.74) is 2.80. The Morgan fingerprint density at radius 3 is 2.36 bits per heavy atom. The van der Waals surface area contributed by atoms with Crippen molar-refractivity contribution in [2.45, 2.75) is 45.3 Å². The topological polar surface area (TPSA) is 44.4 Å². The molecule has 1 fully saturated rings. The highest BCUT2D eigenvalue weighted by atomic mass is 19.2. The summed E-state index contributed by atoms with van der Waals surface area (Å²) in [5.74, 6) is -1.82. The van der Waals surface area contributed by atoms with Gasteiger partial charge < -0.3 is 10.6 Å². The van der Waals surface area contributed by atoms with Crippen molar-refractivity contribution >= 4 is 6.03 Å². The van der Waals surface area contributed by atoms with E-state index < -0.39 is 17.7 Å². The SMILES string of the molecule is CC(NC(=O)NCc1ccc(CN2CCCCC2)cc1)c1ccc(F)c(F)c1. The first-order valence-corrected chi connectivity index (χ1v) is 9.81. The molecule has 1 aliphatic rings. The van der Waals surface area contributed by atoms with Crippen molar-refractivity contribution in [1.82, 2.24) is 15.5 Å². The number of hydrogen-bond acceptors (Lipinski definition) is 2. The van der Waals surface area contributed by atoms with Gasteiger partial charge in [0.15, 0.2) is 11.6 Å². The lowest BCUT2D eigenvalue weighted by Crippen LogP contribution is -2.36. The fraction of sp³-hybridized carbons (Fsp3) is 0.409. The summed E-state index contributed by atoms with van der Waals surface area (Å²) in [6.07, 6.45) is 3.89. The predicted octanol–water partition coefficient (Wildman–Crippen LogP) is 4.51. The van der Waals surface area contributed by atoms with E-state index in [-0.39, 0.29) is 6.03 Å². The number of carbonyl (C=O) groups is 1. The van der Waals surface area contributed by atoms with E-state index in [9.17, 15) is 13.6 Å². The average Bonchev–Trinajstić information content (AvgIpc) is 2.70. The van der Waals surface area contributed by atoms with Crippen LogP contribution in [0.3, 0.4) is 0 Å². The zero-order valence-electron chi connectivity index (χ0n) is 16.2. The van der Waals surface area contributed by atoms with Crippen LogP contribution in [0.1, 0.15) is 48.9 Å². The summed E-state index contributed by atoms with van der Waals surface area (Å²) >= 11 is 0. The molecule has 0 bridgehead atoms. The Morgan fingerprint density at radius 2 is 1.68 bits per heavy atom. The summed E-state index contributed by atoms with van der Waals surface area (Å²) in [6, 6.07) is 11.1. The van der Waals surface area contributed by atoms with Crippen LogP contribution in [0.2, 0.25) is 0 Å². The molecule has 2 N–H and O–H groups in total. The van der Waals surface area contributed by atoms with E-state index in [2.05, 4.69) is 27.7 Å². The monoisotopic (exact) mass is 387 g/mol. The van der Waals surface area contributed by atoms with Crippen LogP contribution in [0.25, 0.3) is 0 Å². The quantitative estimate of drug-likeness (QED) is 0.766. The molecule has 0 spiro atoms. The van der Waals surface area contributed by atoms with Crippen molar-refractivity contribution in [3.05, 3.63) is 70.8 Å². The Balaban J connectivity index is 1.45. The maximum absolute atomic E-state index is 13.3. The van der Waals surface area contributed by atoms with Gasteiger partial charge in [-0.15, -0.1) is 0 Å². The molecule has 3 rings (SSSR count). The first kappa shape index (κ1) is 20.3. The molecule has 2 aromatic rings. The minimum Gasteiger partial charge on any atom is -0.334 e. The largest absolute Gasteiger partial charge is 0.334 e. The van der Waals surface area contributed by atoms with Crippen LogP contribution in [0.4, 0.5) is 13.6 Å². The molecule has 1 aliphatic heterocycles. The van der Waals surface area contributed by atoms with E-state index >= 15 is 0 Å². The minimum atomic E-state index is -0.920. The van der Waals surface area contributed by atoms with Crippen molar-refractivity contribution in [2.75, 3.05) is 13.1 Å². The molecule has 1 saturated heterocycles. The summed E-state index contributed by atoms with van der Waals surface area (Å²) in [4.78, 5) is 14.6. The van der Waals surface area contributed by atoms with Crippen LogP contribution < -0.4 is 10.6 Å². The molecule has 1 unspecified atom stereocenters. The smallest absolute Gasteiger partial charge is 0.315 e. The normalized spacial score (nSPS) is 15.8. The molecule has 2 aromatic carbocycles.